The van der Waals surface area contributed by atoms with E-state index in [9.17, 15) is 0 Å². The van der Waals surface area contributed by atoms with Crippen LogP contribution in [0.4, 0.5) is 0 Å². The highest BCUT2D eigenvalue weighted by molar-refractivity contribution is 6.38. The number of unbranched alkanes of at least 4 members (excludes halogenated alkanes) is 3. The Balaban J connectivity index is 1.86. The summed E-state index contributed by atoms with van der Waals surface area (Å²) in [7, 11) is 1.31. The predicted octanol–water partition coefficient (Wildman–Crippen LogP) is 3.66. The highest BCUT2D eigenvalue weighted by atomic mass is 28.2. The van der Waals surface area contributed by atoms with Crippen LogP contribution in [0.5, 0.6) is 0 Å². The number of hydrogen-bond donors (Lipinski definition) is 0. The van der Waals surface area contributed by atoms with Gasteiger partial charge < -0.3 is 0 Å². The second-order valence-corrected chi connectivity index (χ2v) is 5.37. The maximum absolute atomic E-state index is 2.29. The van der Waals surface area contributed by atoms with Crippen molar-refractivity contribution in [2.45, 2.75) is 63.5 Å². The van der Waals surface area contributed by atoms with Crippen molar-refractivity contribution >= 4 is 9.52 Å². The van der Waals surface area contributed by atoms with Crippen LogP contribution in [-0.2, 0) is 0 Å². The maximum atomic E-state index is 2.29. The molecule has 64 valence electrons. The van der Waals surface area contributed by atoms with Crippen molar-refractivity contribution in [2.75, 3.05) is 0 Å². The van der Waals surface area contributed by atoms with Gasteiger partial charge in [-0.2, -0.15) is 0 Å². The lowest BCUT2D eigenvalue weighted by Crippen LogP contribution is -1.93. The fraction of sp³-hybridized carbons (Fsp3) is 1.00. The van der Waals surface area contributed by atoms with Gasteiger partial charge in [-0.05, 0) is 5.54 Å². The molecule has 0 aromatic heterocycles. The van der Waals surface area contributed by atoms with Crippen LogP contribution in [0.3, 0.4) is 0 Å². The van der Waals surface area contributed by atoms with Crippen molar-refractivity contribution in [1.29, 1.82) is 0 Å². The van der Waals surface area contributed by atoms with Crippen LogP contribution in [0.1, 0.15) is 51.9 Å². The molecule has 0 nitrogen and oxygen atoms in total. The first-order valence-electron chi connectivity index (χ1n) is 5.17. The van der Waals surface area contributed by atoms with Gasteiger partial charge in [-0.15, -0.1) is 0 Å². The van der Waals surface area contributed by atoms with Crippen molar-refractivity contribution < 1.29 is 0 Å². The third-order valence-corrected chi connectivity index (χ3v) is 4.37. The van der Waals surface area contributed by atoms with Gasteiger partial charge in [0.25, 0.3) is 0 Å². The molecule has 0 spiro atoms. The van der Waals surface area contributed by atoms with E-state index in [0.29, 0.717) is 0 Å². The molecule has 11 heavy (non-hydrogen) atoms. The molecule has 1 aliphatic rings. The number of hydrogen-bond acceptors (Lipinski definition) is 0. The quantitative estimate of drug-likeness (QED) is 0.434. The molecule has 0 amide bonds. The van der Waals surface area contributed by atoms with Crippen LogP contribution in [0, 0.1) is 0 Å². The van der Waals surface area contributed by atoms with Gasteiger partial charge in [0.05, 0.1) is 0 Å². The number of rotatable bonds is 5. The summed E-state index contributed by atoms with van der Waals surface area (Å²) >= 11 is 0. The molecule has 1 rings (SSSR count). The van der Waals surface area contributed by atoms with Crippen LogP contribution in [0.25, 0.3) is 0 Å². The predicted molar refractivity (Wildman–Crippen MR) is 52.3 cm³/mol. The summed E-state index contributed by atoms with van der Waals surface area (Å²) in [5, 5.41) is 0. The van der Waals surface area contributed by atoms with E-state index in [1.165, 1.54) is 41.6 Å². The Morgan fingerprint density at radius 3 is 2.82 bits per heavy atom. The van der Waals surface area contributed by atoms with Gasteiger partial charge in [-0.1, -0.05) is 57.9 Å². The molecule has 1 atom stereocenters. The molecule has 1 heteroatoms. The normalized spacial score (nSPS) is 24.3. The molecule has 0 aromatic carbocycles. The second kappa shape index (κ2) is 5.82. The molecule has 1 heterocycles. The molecule has 2 radical (unpaired) electrons. The minimum atomic E-state index is 1.15. The second-order valence-electron chi connectivity index (χ2n) is 3.64. The van der Waals surface area contributed by atoms with Crippen LogP contribution >= 0.6 is 0 Å². The van der Waals surface area contributed by atoms with Crippen LogP contribution in [-0.4, -0.2) is 9.52 Å². The highest BCUT2D eigenvalue weighted by Crippen LogP contribution is 2.28. The minimum Gasteiger partial charge on any atom is -0.0654 e. The largest absolute Gasteiger partial charge is 0.0654 e. The van der Waals surface area contributed by atoms with E-state index in [-0.39, 0.29) is 0 Å². The van der Waals surface area contributed by atoms with Crippen molar-refractivity contribution in [3.63, 3.8) is 0 Å². The Bertz CT molecular complexity index is 84.9. The Morgan fingerprint density at radius 2 is 2.18 bits per heavy atom. The van der Waals surface area contributed by atoms with Gasteiger partial charge in [0.2, 0.25) is 0 Å². The lowest BCUT2D eigenvalue weighted by molar-refractivity contribution is 0.597. The summed E-state index contributed by atoms with van der Waals surface area (Å²) in [5.41, 5.74) is 1.15. The summed E-state index contributed by atoms with van der Waals surface area (Å²) in [4.78, 5) is 0. The highest BCUT2D eigenvalue weighted by Gasteiger charge is 2.14. The molecule has 1 fully saturated rings. The average molecular weight is 168 g/mol. The molecular formula is C10H20Si. The van der Waals surface area contributed by atoms with Gasteiger partial charge in [0, 0.05) is 9.52 Å². The summed E-state index contributed by atoms with van der Waals surface area (Å²) in [6, 6.07) is 1.54. The van der Waals surface area contributed by atoms with Gasteiger partial charge in [0.1, 0.15) is 0 Å². The smallest absolute Gasteiger partial charge is 0.0413 e. The van der Waals surface area contributed by atoms with E-state index in [0.717, 1.165) is 5.54 Å². The Labute approximate surface area is 73.6 Å². The zero-order chi connectivity index (χ0) is 7.94. The topological polar surface area (TPSA) is 0 Å². The fourth-order valence-corrected chi connectivity index (χ4v) is 3.45. The Kier molecular flexibility index (Phi) is 4.92. The Morgan fingerprint density at radius 1 is 1.27 bits per heavy atom. The summed E-state index contributed by atoms with van der Waals surface area (Å²) in [6.45, 7) is 2.29. The monoisotopic (exact) mass is 168 g/mol. The van der Waals surface area contributed by atoms with Crippen molar-refractivity contribution in [2.24, 2.45) is 0 Å². The van der Waals surface area contributed by atoms with E-state index in [1.54, 1.807) is 18.9 Å². The fourth-order valence-electron chi connectivity index (χ4n) is 1.82. The molecule has 1 aliphatic heterocycles. The summed E-state index contributed by atoms with van der Waals surface area (Å²) in [5.74, 6) is 0. The molecule has 0 bridgehead atoms. The molecule has 0 saturated carbocycles. The third-order valence-electron chi connectivity index (χ3n) is 2.57. The van der Waals surface area contributed by atoms with Crippen LogP contribution in [0.15, 0.2) is 0 Å². The minimum absolute atomic E-state index is 1.15. The first-order valence-corrected chi connectivity index (χ1v) is 6.45. The standard InChI is InChI=1S/C10H20Si/c1-2-3-4-5-7-10-8-6-9-11-10/h10H,2-9H2,1H3. The van der Waals surface area contributed by atoms with Crippen molar-refractivity contribution in [1.82, 2.24) is 0 Å². The van der Waals surface area contributed by atoms with E-state index in [2.05, 4.69) is 6.92 Å². The lowest BCUT2D eigenvalue weighted by Gasteiger charge is -2.06. The summed E-state index contributed by atoms with van der Waals surface area (Å²) in [6.07, 6.45) is 10.4. The van der Waals surface area contributed by atoms with Crippen molar-refractivity contribution in [3.8, 4) is 0 Å². The van der Waals surface area contributed by atoms with E-state index in [4.69, 9.17) is 0 Å². The maximum Gasteiger partial charge on any atom is 0.0413 e. The summed E-state index contributed by atoms with van der Waals surface area (Å²) < 4.78 is 0. The van der Waals surface area contributed by atoms with Crippen LogP contribution in [0.2, 0.25) is 11.6 Å². The van der Waals surface area contributed by atoms with E-state index in [1.807, 2.05) is 0 Å². The molecule has 0 N–H and O–H groups in total. The van der Waals surface area contributed by atoms with Gasteiger partial charge in [0.15, 0.2) is 0 Å². The van der Waals surface area contributed by atoms with Gasteiger partial charge in [-0.25, -0.2) is 0 Å². The molecule has 1 saturated heterocycles. The molecule has 1 unspecified atom stereocenters. The van der Waals surface area contributed by atoms with E-state index < -0.39 is 0 Å². The lowest BCUT2D eigenvalue weighted by atomic mass is 10.1. The Hall–Kier alpha value is 0.217. The molecule has 0 aromatic rings. The van der Waals surface area contributed by atoms with Crippen molar-refractivity contribution in [3.05, 3.63) is 0 Å². The van der Waals surface area contributed by atoms with Gasteiger partial charge in [-0.3, -0.25) is 0 Å². The average Bonchev–Trinajstić information content (AvgIpc) is 2.50. The SMILES string of the molecule is CCCCCCC1CCC[Si]1. The van der Waals surface area contributed by atoms with E-state index >= 15 is 0 Å². The zero-order valence-electron chi connectivity index (χ0n) is 7.73. The first kappa shape index (κ1) is 9.31. The third kappa shape index (κ3) is 3.95. The molecular weight excluding hydrogens is 148 g/mol. The zero-order valence-corrected chi connectivity index (χ0v) is 8.73. The molecule has 0 aliphatic carbocycles. The van der Waals surface area contributed by atoms with Crippen LogP contribution < -0.4 is 0 Å². The van der Waals surface area contributed by atoms with Gasteiger partial charge >= 0.3 is 0 Å². The first-order chi connectivity index (χ1) is 5.43.